The van der Waals surface area contributed by atoms with Crippen LogP contribution in [-0.2, 0) is 10.0 Å². The smallest absolute Gasteiger partial charge is 0.277 e. The van der Waals surface area contributed by atoms with Crippen molar-refractivity contribution in [1.82, 2.24) is 18.9 Å². The minimum Gasteiger partial charge on any atom is -0.354 e. The van der Waals surface area contributed by atoms with Crippen LogP contribution in [0.4, 0.5) is 10.2 Å². The van der Waals surface area contributed by atoms with Crippen LogP contribution in [0.3, 0.4) is 0 Å². The Morgan fingerprint density at radius 1 is 1.00 bits per heavy atom. The zero-order valence-corrected chi connectivity index (χ0v) is 19.3. The van der Waals surface area contributed by atoms with Crippen LogP contribution >= 0.6 is 11.3 Å². The molecule has 3 heterocycles. The molecular weight excluding hydrogens is 465 g/mol. The summed E-state index contributed by atoms with van der Waals surface area (Å²) in [6.45, 7) is 3.22. The third-order valence-corrected chi connectivity index (χ3v) is 8.48. The van der Waals surface area contributed by atoms with Gasteiger partial charge in [-0.25, -0.2) is 17.8 Å². The monoisotopic (exact) mass is 485 g/mol. The molecule has 0 bridgehead atoms. The minimum absolute atomic E-state index is 0.0588. The molecular formula is C22H20FN5O3S2. The predicted octanol–water partition coefficient (Wildman–Crippen LogP) is 2.78. The first-order valence-corrected chi connectivity index (χ1v) is 12.6. The van der Waals surface area contributed by atoms with E-state index in [1.807, 2.05) is 36.1 Å². The standard InChI is InChI=1S/C22H20FN5O3S2/c1-15-4-2-3-5-18(15)21-25-28-20(29)14-19(24-22(28)32-21)26-10-12-27(13-11-26)33(30,31)17-8-6-16(23)7-9-17/h2-9,14H,10-13H2,1H3. The van der Waals surface area contributed by atoms with Gasteiger partial charge in [-0.2, -0.15) is 13.9 Å². The molecule has 0 N–H and O–H groups in total. The van der Waals surface area contributed by atoms with Crippen molar-refractivity contribution in [2.45, 2.75) is 11.8 Å². The second kappa shape index (κ2) is 8.32. The van der Waals surface area contributed by atoms with E-state index in [0.29, 0.717) is 28.9 Å². The van der Waals surface area contributed by atoms with Gasteiger partial charge in [-0.05, 0) is 36.8 Å². The van der Waals surface area contributed by atoms with E-state index in [1.165, 1.54) is 38.4 Å². The van der Waals surface area contributed by atoms with Crippen LogP contribution in [0.15, 0.2) is 64.3 Å². The number of nitrogens with zero attached hydrogens (tertiary/aromatic N) is 5. The highest BCUT2D eigenvalue weighted by Crippen LogP contribution is 2.28. The Bertz CT molecular complexity index is 1490. The summed E-state index contributed by atoms with van der Waals surface area (Å²) in [6, 6.07) is 14.1. The maximum Gasteiger partial charge on any atom is 0.277 e. The number of hydrogen-bond acceptors (Lipinski definition) is 7. The fourth-order valence-corrected chi connectivity index (χ4v) is 6.21. The second-order valence-electron chi connectivity index (χ2n) is 7.71. The Balaban J connectivity index is 1.38. The van der Waals surface area contributed by atoms with Crippen LogP contribution in [0.5, 0.6) is 0 Å². The predicted molar refractivity (Wildman–Crippen MR) is 125 cm³/mol. The zero-order chi connectivity index (χ0) is 23.2. The summed E-state index contributed by atoms with van der Waals surface area (Å²) < 4.78 is 41.5. The topological polar surface area (TPSA) is 87.9 Å². The van der Waals surface area contributed by atoms with Crippen LogP contribution in [-0.4, -0.2) is 53.5 Å². The molecule has 4 aromatic rings. The van der Waals surface area contributed by atoms with Crippen molar-refractivity contribution >= 4 is 32.1 Å². The number of sulfonamides is 1. The van der Waals surface area contributed by atoms with E-state index in [2.05, 4.69) is 10.1 Å². The second-order valence-corrected chi connectivity index (χ2v) is 10.6. The molecule has 0 unspecified atom stereocenters. The van der Waals surface area contributed by atoms with Crippen molar-refractivity contribution in [1.29, 1.82) is 0 Å². The van der Waals surface area contributed by atoms with Gasteiger partial charge in [-0.15, -0.1) is 0 Å². The highest BCUT2D eigenvalue weighted by molar-refractivity contribution is 7.89. The molecule has 5 rings (SSSR count). The third-order valence-electron chi connectivity index (χ3n) is 5.62. The lowest BCUT2D eigenvalue weighted by atomic mass is 10.1. The number of benzene rings is 2. The number of fused-ring (bicyclic) bond motifs is 1. The first kappa shape index (κ1) is 21.7. The van der Waals surface area contributed by atoms with Gasteiger partial charge < -0.3 is 4.90 Å². The van der Waals surface area contributed by atoms with Crippen molar-refractivity contribution in [3.63, 3.8) is 0 Å². The molecule has 0 radical (unpaired) electrons. The molecule has 2 aromatic heterocycles. The summed E-state index contributed by atoms with van der Waals surface area (Å²) in [7, 11) is -3.71. The average Bonchev–Trinajstić information content (AvgIpc) is 3.24. The fourth-order valence-electron chi connectivity index (χ4n) is 3.80. The van der Waals surface area contributed by atoms with Gasteiger partial charge in [-0.3, -0.25) is 4.79 Å². The molecule has 0 amide bonds. The van der Waals surface area contributed by atoms with Gasteiger partial charge in [0.1, 0.15) is 16.6 Å². The van der Waals surface area contributed by atoms with Gasteiger partial charge in [0.2, 0.25) is 15.0 Å². The van der Waals surface area contributed by atoms with Gasteiger partial charge in [0, 0.05) is 37.8 Å². The number of aryl methyl sites for hydroxylation is 1. The Hall–Kier alpha value is -3.15. The lowest BCUT2D eigenvalue weighted by Crippen LogP contribution is -2.49. The summed E-state index contributed by atoms with van der Waals surface area (Å²) in [5.41, 5.74) is 1.73. The van der Waals surface area contributed by atoms with E-state index < -0.39 is 15.8 Å². The first-order chi connectivity index (χ1) is 15.8. The summed E-state index contributed by atoms with van der Waals surface area (Å²) >= 11 is 1.34. The Morgan fingerprint density at radius 3 is 2.39 bits per heavy atom. The molecule has 170 valence electrons. The quantitative estimate of drug-likeness (QED) is 0.442. The van der Waals surface area contributed by atoms with Gasteiger partial charge in [0.05, 0.1) is 4.90 Å². The van der Waals surface area contributed by atoms with Gasteiger partial charge in [-0.1, -0.05) is 35.6 Å². The number of aromatic nitrogens is 3. The molecule has 0 spiro atoms. The molecule has 1 aliphatic heterocycles. The molecule has 33 heavy (non-hydrogen) atoms. The summed E-state index contributed by atoms with van der Waals surface area (Å²) in [4.78, 5) is 19.8. The highest BCUT2D eigenvalue weighted by atomic mass is 32.2. The molecule has 0 saturated carbocycles. The summed E-state index contributed by atoms with van der Waals surface area (Å²) in [5, 5.41) is 5.15. The molecule has 2 aromatic carbocycles. The van der Waals surface area contributed by atoms with E-state index in [1.54, 1.807) is 0 Å². The molecule has 0 aliphatic carbocycles. The minimum atomic E-state index is -3.71. The Labute approximate surface area is 193 Å². The summed E-state index contributed by atoms with van der Waals surface area (Å²) in [6.07, 6.45) is 0. The van der Waals surface area contributed by atoms with E-state index in [4.69, 9.17) is 0 Å². The number of hydrogen-bond donors (Lipinski definition) is 0. The van der Waals surface area contributed by atoms with E-state index >= 15 is 0 Å². The molecule has 1 aliphatic rings. The lowest BCUT2D eigenvalue weighted by molar-refractivity contribution is 0.383. The molecule has 1 fully saturated rings. The van der Waals surface area contributed by atoms with Gasteiger partial charge in [0.25, 0.3) is 5.56 Å². The van der Waals surface area contributed by atoms with Crippen molar-refractivity contribution < 1.29 is 12.8 Å². The van der Waals surface area contributed by atoms with Crippen molar-refractivity contribution in [2.24, 2.45) is 0 Å². The zero-order valence-electron chi connectivity index (χ0n) is 17.7. The maximum absolute atomic E-state index is 13.2. The molecule has 8 nitrogen and oxygen atoms in total. The van der Waals surface area contributed by atoms with E-state index in [-0.39, 0.29) is 23.5 Å². The van der Waals surface area contributed by atoms with Crippen LogP contribution in [0.1, 0.15) is 5.56 Å². The van der Waals surface area contributed by atoms with Crippen LogP contribution in [0.25, 0.3) is 15.5 Å². The SMILES string of the molecule is Cc1ccccc1-c1nn2c(=O)cc(N3CCN(S(=O)(=O)c4ccc(F)cc4)CC3)nc2s1. The van der Waals surface area contributed by atoms with Crippen LogP contribution < -0.4 is 10.5 Å². The number of rotatable bonds is 4. The van der Waals surface area contributed by atoms with E-state index in [0.717, 1.165) is 23.3 Å². The first-order valence-electron chi connectivity index (χ1n) is 10.3. The number of halogens is 1. The van der Waals surface area contributed by atoms with Crippen molar-refractivity contribution in [3.05, 3.63) is 76.3 Å². The number of anilines is 1. The Kier molecular flexibility index (Phi) is 5.47. The molecule has 1 saturated heterocycles. The third kappa shape index (κ3) is 4.03. The van der Waals surface area contributed by atoms with Crippen molar-refractivity contribution in [2.75, 3.05) is 31.1 Å². The average molecular weight is 486 g/mol. The highest BCUT2D eigenvalue weighted by Gasteiger charge is 2.29. The van der Waals surface area contributed by atoms with Gasteiger partial charge >= 0.3 is 0 Å². The van der Waals surface area contributed by atoms with Crippen molar-refractivity contribution in [3.8, 4) is 10.6 Å². The fraction of sp³-hybridized carbons (Fsp3) is 0.227. The summed E-state index contributed by atoms with van der Waals surface area (Å²) in [5.74, 6) is 0.0129. The largest absolute Gasteiger partial charge is 0.354 e. The van der Waals surface area contributed by atoms with Gasteiger partial charge in [0.15, 0.2) is 0 Å². The maximum atomic E-state index is 13.2. The van der Waals surface area contributed by atoms with E-state index in [9.17, 15) is 17.6 Å². The molecule has 11 heteroatoms. The Morgan fingerprint density at radius 2 is 1.70 bits per heavy atom. The van der Waals surface area contributed by atoms with Crippen LogP contribution in [0, 0.1) is 12.7 Å². The normalized spacial score (nSPS) is 15.3. The van der Waals surface area contributed by atoms with Crippen LogP contribution in [0.2, 0.25) is 0 Å². The molecule has 0 atom stereocenters. The number of piperazine rings is 1. The lowest BCUT2D eigenvalue weighted by Gasteiger charge is -2.34.